The molecule has 10 nitrogen and oxygen atoms in total. The Bertz CT molecular complexity index is 1680. The van der Waals surface area contributed by atoms with E-state index in [1.165, 1.54) is 56.7 Å². The zero-order valence-electron chi connectivity index (χ0n) is 21.6. The highest BCUT2D eigenvalue weighted by atomic mass is 32.2. The van der Waals surface area contributed by atoms with E-state index in [0.29, 0.717) is 17.2 Å². The first-order chi connectivity index (χ1) is 19.1. The van der Waals surface area contributed by atoms with Crippen LogP contribution in [0.1, 0.15) is 0 Å². The molecular formula is C28H27N3O7S2. The van der Waals surface area contributed by atoms with Gasteiger partial charge in [-0.3, -0.25) is 13.8 Å². The average molecular weight is 582 g/mol. The molecule has 40 heavy (non-hydrogen) atoms. The molecule has 0 aliphatic rings. The number of carbonyl (C=O) groups excluding carboxylic acids is 1. The van der Waals surface area contributed by atoms with Gasteiger partial charge in [-0.25, -0.2) is 16.8 Å². The Morgan fingerprint density at radius 1 is 0.750 bits per heavy atom. The molecule has 0 saturated heterocycles. The van der Waals surface area contributed by atoms with Gasteiger partial charge in [-0.05, 0) is 60.7 Å². The molecule has 12 heteroatoms. The molecule has 4 rings (SSSR count). The van der Waals surface area contributed by atoms with Gasteiger partial charge in [0.15, 0.2) is 0 Å². The van der Waals surface area contributed by atoms with Crippen LogP contribution in [0.25, 0.3) is 0 Å². The molecule has 208 valence electrons. The van der Waals surface area contributed by atoms with Crippen LogP contribution < -0.4 is 23.8 Å². The van der Waals surface area contributed by atoms with Gasteiger partial charge in [-0.15, -0.1) is 0 Å². The van der Waals surface area contributed by atoms with Gasteiger partial charge in [0, 0.05) is 11.8 Å². The van der Waals surface area contributed by atoms with Crippen LogP contribution >= 0.6 is 0 Å². The van der Waals surface area contributed by atoms with Gasteiger partial charge in [0.25, 0.3) is 20.0 Å². The standard InChI is InChI=1S/C28H27N3O7S2/c1-37-23-15-18-27(38-2)26(19-23)30-39(33,34)24-16-13-21(14-17-24)29-28(32)20-31(22-9-5-3-6-10-22)40(35,36)25-11-7-4-8-12-25/h3-19,30H,20H2,1-2H3,(H,29,32). The first kappa shape index (κ1) is 28.5. The fourth-order valence-electron chi connectivity index (χ4n) is 3.77. The summed E-state index contributed by atoms with van der Waals surface area (Å²) in [5.74, 6) is 0.135. The molecule has 0 spiro atoms. The minimum Gasteiger partial charge on any atom is -0.497 e. The van der Waals surface area contributed by atoms with Crippen molar-refractivity contribution in [3.05, 3.63) is 103 Å². The molecule has 4 aromatic rings. The van der Waals surface area contributed by atoms with Crippen LogP contribution in [0.3, 0.4) is 0 Å². The summed E-state index contributed by atoms with van der Waals surface area (Å²) in [6, 6.07) is 26.3. The van der Waals surface area contributed by atoms with Crippen LogP contribution in [0.15, 0.2) is 113 Å². The van der Waals surface area contributed by atoms with Crippen molar-refractivity contribution in [1.82, 2.24) is 0 Å². The van der Waals surface area contributed by atoms with E-state index in [9.17, 15) is 21.6 Å². The molecule has 0 aliphatic heterocycles. The minimum absolute atomic E-state index is 0.0429. The molecule has 0 bridgehead atoms. The lowest BCUT2D eigenvalue weighted by Crippen LogP contribution is -2.38. The summed E-state index contributed by atoms with van der Waals surface area (Å²) in [7, 11) is -5.17. The maximum absolute atomic E-state index is 13.4. The third-order valence-electron chi connectivity index (χ3n) is 5.76. The maximum atomic E-state index is 13.4. The SMILES string of the molecule is COc1ccc(OC)c(NS(=O)(=O)c2ccc(NC(=O)CN(c3ccccc3)S(=O)(=O)c3ccccc3)cc2)c1. The number of rotatable bonds is 11. The summed E-state index contributed by atoms with van der Waals surface area (Å²) in [4.78, 5) is 12.9. The highest BCUT2D eigenvalue weighted by Gasteiger charge is 2.27. The molecule has 0 saturated carbocycles. The fourth-order valence-corrected chi connectivity index (χ4v) is 6.28. The van der Waals surface area contributed by atoms with Gasteiger partial charge in [0.05, 0.1) is 35.4 Å². The zero-order valence-corrected chi connectivity index (χ0v) is 23.3. The molecule has 0 aromatic heterocycles. The summed E-state index contributed by atoms with van der Waals surface area (Å²) in [6.07, 6.45) is 0. The molecule has 4 aromatic carbocycles. The number of para-hydroxylation sites is 1. The van der Waals surface area contributed by atoms with Gasteiger partial charge in [0.2, 0.25) is 5.91 Å². The number of hydrogen-bond donors (Lipinski definition) is 2. The second-order valence-electron chi connectivity index (χ2n) is 8.40. The predicted octanol–water partition coefficient (Wildman–Crippen LogP) is 4.34. The number of nitrogens with zero attached hydrogens (tertiary/aromatic N) is 1. The monoisotopic (exact) mass is 581 g/mol. The summed E-state index contributed by atoms with van der Waals surface area (Å²) in [5, 5.41) is 2.63. The third kappa shape index (κ3) is 6.53. The van der Waals surface area contributed by atoms with Crippen molar-refractivity contribution in [2.45, 2.75) is 9.79 Å². The van der Waals surface area contributed by atoms with E-state index in [4.69, 9.17) is 9.47 Å². The van der Waals surface area contributed by atoms with E-state index in [-0.39, 0.29) is 21.2 Å². The van der Waals surface area contributed by atoms with E-state index < -0.39 is 32.5 Å². The molecule has 2 N–H and O–H groups in total. The Morgan fingerprint density at radius 2 is 1.38 bits per heavy atom. The Morgan fingerprint density at radius 3 is 1.98 bits per heavy atom. The lowest BCUT2D eigenvalue weighted by Gasteiger charge is -2.24. The smallest absolute Gasteiger partial charge is 0.264 e. The number of benzene rings is 4. The molecule has 0 fully saturated rings. The minimum atomic E-state index is -4.04. The third-order valence-corrected chi connectivity index (χ3v) is 8.93. The van der Waals surface area contributed by atoms with Gasteiger partial charge in [0.1, 0.15) is 18.0 Å². The van der Waals surface area contributed by atoms with Crippen molar-refractivity contribution in [2.75, 3.05) is 35.1 Å². The molecule has 0 heterocycles. The first-order valence-electron chi connectivity index (χ1n) is 11.9. The average Bonchev–Trinajstić information content (AvgIpc) is 2.96. The quantitative estimate of drug-likeness (QED) is 0.269. The van der Waals surface area contributed by atoms with Crippen LogP contribution in [0, 0.1) is 0 Å². The highest BCUT2D eigenvalue weighted by Crippen LogP contribution is 2.31. The fraction of sp³-hybridized carbons (Fsp3) is 0.107. The van der Waals surface area contributed by atoms with Gasteiger partial charge in [-0.1, -0.05) is 36.4 Å². The summed E-state index contributed by atoms with van der Waals surface area (Å²) >= 11 is 0. The molecule has 0 radical (unpaired) electrons. The molecule has 1 amide bonds. The van der Waals surface area contributed by atoms with Crippen molar-refractivity contribution in [2.24, 2.45) is 0 Å². The molecule has 0 aliphatic carbocycles. The number of ether oxygens (including phenoxy) is 2. The Labute approximate surface area is 233 Å². The van der Waals surface area contributed by atoms with Crippen LogP contribution in [-0.4, -0.2) is 43.5 Å². The van der Waals surface area contributed by atoms with E-state index in [2.05, 4.69) is 10.0 Å². The number of anilines is 3. The van der Waals surface area contributed by atoms with Crippen LogP contribution in [0.4, 0.5) is 17.1 Å². The number of nitrogens with one attached hydrogen (secondary N) is 2. The summed E-state index contributed by atoms with van der Waals surface area (Å²) in [5.41, 5.74) is 0.801. The van der Waals surface area contributed by atoms with Crippen molar-refractivity contribution in [3.63, 3.8) is 0 Å². The Balaban J connectivity index is 1.51. The van der Waals surface area contributed by atoms with Crippen LogP contribution in [0.5, 0.6) is 11.5 Å². The van der Waals surface area contributed by atoms with Crippen molar-refractivity contribution >= 4 is 43.0 Å². The molecule has 0 unspecified atom stereocenters. The summed E-state index contributed by atoms with van der Waals surface area (Å²) < 4.78 is 66.6. The second-order valence-corrected chi connectivity index (χ2v) is 11.9. The van der Waals surface area contributed by atoms with Crippen molar-refractivity contribution in [3.8, 4) is 11.5 Å². The lowest BCUT2D eigenvalue weighted by molar-refractivity contribution is -0.114. The Kier molecular flexibility index (Phi) is 8.61. The highest BCUT2D eigenvalue weighted by molar-refractivity contribution is 7.93. The topological polar surface area (TPSA) is 131 Å². The van der Waals surface area contributed by atoms with E-state index in [1.54, 1.807) is 60.7 Å². The largest absolute Gasteiger partial charge is 0.497 e. The number of carbonyl (C=O) groups is 1. The first-order valence-corrected chi connectivity index (χ1v) is 14.8. The predicted molar refractivity (Wildman–Crippen MR) is 153 cm³/mol. The van der Waals surface area contributed by atoms with E-state index >= 15 is 0 Å². The second kappa shape index (κ2) is 12.1. The van der Waals surface area contributed by atoms with E-state index in [0.717, 1.165) is 4.31 Å². The lowest BCUT2D eigenvalue weighted by atomic mass is 10.3. The van der Waals surface area contributed by atoms with Crippen LogP contribution in [-0.2, 0) is 24.8 Å². The summed E-state index contributed by atoms with van der Waals surface area (Å²) in [6.45, 7) is -0.502. The maximum Gasteiger partial charge on any atom is 0.264 e. The zero-order chi connectivity index (χ0) is 28.8. The van der Waals surface area contributed by atoms with E-state index in [1.807, 2.05) is 0 Å². The van der Waals surface area contributed by atoms with Gasteiger partial charge in [-0.2, -0.15) is 0 Å². The molecule has 0 atom stereocenters. The molecular weight excluding hydrogens is 554 g/mol. The normalized spacial score (nSPS) is 11.3. The number of hydrogen-bond acceptors (Lipinski definition) is 7. The van der Waals surface area contributed by atoms with Gasteiger partial charge >= 0.3 is 0 Å². The Hall–Kier alpha value is -4.55. The number of methoxy groups -OCH3 is 2. The van der Waals surface area contributed by atoms with Gasteiger partial charge < -0.3 is 14.8 Å². The van der Waals surface area contributed by atoms with Crippen molar-refractivity contribution in [1.29, 1.82) is 0 Å². The van der Waals surface area contributed by atoms with Crippen LogP contribution in [0.2, 0.25) is 0 Å². The number of sulfonamides is 2. The number of amides is 1. The van der Waals surface area contributed by atoms with Crippen molar-refractivity contribution < 1.29 is 31.1 Å².